The highest BCUT2D eigenvalue weighted by Crippen LogP contribution is 2.18. The van der Waals surface area contributed by atoms with Gasteiger partial charge in [0.2, 0.25) is 5.91 Å². The molecule has 3 heterocycles. The first kappa shape index (κ1) is 17.3. The van der Waals surface area contributed by atoms with E-state index in [1.807, 2.05) is 54.1 Å². The summed E-state index contributed by atoms with van der Waals surface area (Å²) in [4.78, 5) is 12.3. The van der Waals surface area contributed by atoms with Gasteiger partial charge < -0.3 is 9.73 Å². The molecule has 3 aromatic rings. The molecule has 0 saturated carbocycles. The number of nitrogens with one attached hydrogen (secondary N) is 1. The van der Waals surface area contributed by atoms with Crippen LogP contribution in [0.2, 0.25) is 0 Å². The Balaban J connectivity index is 1.76. The minimum atomic E-state index is -0.208. The number of aromatic nitrogens is 3. The number of hydrogen-bond acceptors (Lipinski definition) is 5. The number of hydrogen-bond donors (Lipinski definition) is 1. The van der Waals surface area contributed by atoms with Crippen LogP contribution in [-0.2, 0) is 4.79 Å². The molecule has 0 aliphatic heterocycles. The predicted molar refractivity (Wildman–Crippen MR) is 99.3 cm³/mol. The van der Waals surface area contributed by atoms with Gasteiger partial charge in [-0.25, -0.2) is 0 Å². The van der Waals surface area contributed by atoms with Crippen LogP contribution >= 0.6 is 11.8 Å². The number of thioether (sulfide) groups is 1. The molecular weight excluding hydrogens is 336 g/mol. The fourth-order valence-corrected chi connectivity index (χ4v) is 2.99. The second-order valence-corrected chi connectivity index (χ2v) is 6.60. The molecule has 0 radical (unpaired) electrons. The number of nitrogens with zero attached hydrogens (tertiary/aromatic N) is 3. The van der Waals surface area contributed by atoms with Gasteiger partial charge in [-0.15, -0.1) is 10.2 Å². The van der Waals surface area contributed by atoms with Crippen LogP contribution in [0.15, 0.2) is 47.0 Å². The lowest BCUT2D eigenvalue weighted by Crippen LogP contribution is -2.29. The van der Waals surface area contributed by atoms with Crippen molar-refractivity contribution in [3.05, 3.63) is 59.9 Å². The number of rotatable bonds is 7. The number of carbonyl (C=O) groups is 1. The molecule has 3 aromatic heterocycles. The molecule has 25 heavy (non-hydrogen) atoms. The molecule has 1 N–H and O–H groups in total. The van der Waals surface area contributed by atoms with E-state index in [0.29, 0.717) is 5.76 Å². The Bertz CT molecular complexity index is 884. The highest BCUT2D eigenvalue weighted by atomic mass is 32.2. The molecule has 0 fully saturated rings. The Hall–Kier alpha value is -2.54. The minimum absolute atomic E-state index is 0.187. The van der Waals surface area contributed by atoms with Crippen molar-refractivity contribution in [3.63, 3.8) is 0 Å². The second-order valence-electron chi connectivity index (χ2n) is 5.61. The summed E-state index contributed by atoms with van der Waals surface area (Å²) in [5.41, 5.74) is 0.766. The average molecular weight is 356 g/mol. The molecule has 0 aliphatic rings. The maximum absolute atomic E-state index is 12.3. The van der Waals surface area contributed by atoms with Gasteiger partial charge in [0, 0.05) is 12.3 Å². The Morgan fingerprint density at radius 1 is 1.36 bits per heavy atom. The molecule has 0 aliphatic carbocycles. The highest BCUT2D eigenvalue weighted by Gasteiger charge is 2.19. The van der Waals surface area contributed by atoms with Crippen LogP contribution in [0.4, 0.5) is 0 Å². The predicted octanol–water partition coefficient (Wildman–Crippen LogP) is 3.25. The zero-order valence-electron chi connectivity index (χ0n) is 14.2. The zero-order chi connectivity index (χ0) is 17.6. The third kappa shape index (κ3) is 4.30. The Morgan fingerprint density at radius 2 is 2.24 bits per heavy atom. The summed E-state index contributed by atoms with van der Waals surface area (Å²) >= 11 is 1.73. The van der Waals surface area contributed by atoms with Gasteiger partial charge in [0.25, 0.3) is 0 Å². The van der Waals surface area contributed by atoms with Crippen molar-refractivity contribution < 1.29 is 9.21 Å². The fourth-order valence-electron chi connectivity index (χ4n) is 2.52. The molecule has 0 aromatic carbocycles. The molecule has 0 spiro atoms. The van der Waals surface area contributed by atoms with Crippen LogP contribution in [0, 0.1) is 6.92 Å². The van der Waals surface area contributed by atoms with E-state index in [1.54, 1.807) is 17.8 Å². The molecular formula is C18H20N4O2S. The summed E-state index contributed by atoms with van der Waals surface area (Å²) in [6.07, 6.45) is 7.87. The third-order valence-corrected chi connectivity index (χ3v) is 4.38. The van der Waals surface area contributed by atoms with E-state index in [0.717, 1.165) is 29.4 Å². The molecule has 3 rings (SSSR count). The lowest BCUT2D eigenvalue weighted by atomic mass is 10.2. The summed E-state index contributed by atoms with van der Waals surface area (Å²) in [6, 6.07) is 9.21. The van der Waals surface area contributed by atoms with Crippen LogP contribution in [-0.4, -0.2) is 32.5 Å². The molecule has 6 nitrogen and oxygen atoms in total. The quantitative estimate of drug-likeness (QED) is 0.658. The van der Waals surface area contributed by atoms with Crippen molar-refractivity contribution in [2.75, 3.05) is 12.0 Å². The first-order chi connectivity index (χ1) is 12.2. The average Bonchev–Trinajstić information content (AvgIpc) is 3.23. The van der Waals surface area contributed by atoms with Crippen molar-refractivity contribution in [2.45, 2.75) is 19.4 Å². The molecule has 1 atom stereocenters. The maximum Gasteiger partial charge on any atom is 0.244 e. The van der Waals surface area contributed by atoms with Crippen molar-refractivity contribution in [1.82, 2.24) is 19.9 Å². The van der Waals surface area contributed by atoms with Gasteiger partial charge in [0.05, 0.1) is 6.04 Å². The van der Waals surface area contributed by atoms with E-state index in [2.05, 4.69) is 15.5 Å². The van der Waals surface area contributed by atoms with Crippen LogP contribution in [0.3, 0.4) is 0 Å². The van der Waals surface area contributed by atoms with Gasteiger partial charge in [0.1, 0.15) is 11.5 Å². The van der Waals surface area contributed by atoms with Crippen LogP contribution < -0.4 is 5.32 Å². The molecule has 1 amide bonds. The number of furan rings is 1. The first-order valence-corrected chi connectivity index (χ1v) is 9.40. The number of amides is 1. The second kappa shape index (κ2) is 8.02. The van der Waals surface area contributed by atoms with E-state index in [-0.39, 0.29) is 11.9 Å². The van der Waals surface area contributed by atoms with E-state index >= 15 is 0 Å². The lowest BCUT2D eigenvalue weighted by Gasteiger charge is -2.15. The largest absolute Gasteiger partial charge is 0.462 e. The molecule has 130 valence electrons. The Labute approximate surface area is 150 Å². The molecule has 1 unspecified atom stereocenters. The number of aryl methyl sites for hydroxylation is 1. The fraction of sp³-hybridized carbons (Fsp3) is 0.278. The van der Waals surface area contributed by atoms with Gasteiger partial charge in [-0.2, -0.15) is 11.8 Å². The summed E-state index contributed by atoms with van der Waals surface area (Å²) < 4.78 is 7.34. The number of carbonyl (C=O) groups excluding carboxylic acids is 1. The SMILES string of the molecule is CSCCC(NC(=O)/C=C\c1ccc(C)o1)c1nnc2ccccn12. The van der Waals surface area contributed by atoms with E-state index < -0.39 is 0 Å². The third-order valence-electron chi connectivity index (χ3n) is 3.74. The van der Waals surface area contributed by atoms with E-state index in [9.17, 15) is 4.79 Å². The van der Waals surface area contributed by atoms with Gasteiger partial charge in [-0.05, 0) is 55.7 Å². The van der Waals surface area contributed by atoms with Crippen LogP contribution in [0.25, 0.3) is 11.7 Å². The molecule has 7 heteroatoms. The Kier molecular flexibility index (Phi) is 5.55. The number of fused-ring (bicyclic) bond motifs is 1. The van der Waals surface area contributed by atoms with Crippen molar-refractivity contribution >= 4 is 29.4 Å². The standard InChI is InChI=1S/C18H20N4O2S/c1-13-6-7-14(24-13)8-9-17(23)19-15(10-12-25-2)18-21-20-16-5-3-4-11-22(16)18/h3-9,11,15H,10,12H2,1-2H3,(H,19,23)/b9-8-. The van der Waals surface area contributed by atoms with Crippen molar-refractivity contribution in [1.29, 1.82) is 0 Å². The number of pyridine rings is 1. The monoisotopic (exact) mass is 356 g/mol. The van der Waals surface area contributed by atoms with Crippen LogP contribution in [0.5, 0.6) is 0 Å². The lowest BCUT2D eigenvalue weighted by molar-refractivity contribution is -0.117. The summed E-state index contributed by atoms with van der Waals surface area (Å²) in [5.74, 6) is 2.93. The summed E-state index contributed by atoms with van der Waals surface area (Å²) in [7, 11) is 0. The van der Waals surface area contributed by atoms with Gasteiger partial charge in [0.15, 0.2) is 11.5 Å². The minimum Gasteiger partial charge on any atom is -0.462 e. The van der Waals surface area contributed by atoms with Gasteiger partial charge in [-0.3, -0.25) is 9.20 Å². The summed E-state index contributed by atoms with van der Waals surface area (Å²) in [5, 5.41) is 11.5. The normalized spacial score (nSPS) is 12.7. The maximum atomic E-state index is 12.3. The molecule has 0 bridgehead atoms. The van der Waals surface area contributed by atoms with Crippen LogP contribution in [0.1, 0.15) is 29.8 Å². The highest BCUT2D eigenvalue weighted by molar-refractivity contribution is 7.98. The first-order valence-electron chi connectivity index (χ1n) is 8.01. The summed E-state index contributed by atoms with van der Waals surface area (Å²) in [6.45, 7) is 1.87. The van der Waals surface area contributed by atoms with E-state index in [1.165, 1.54) is 6.08 Å². The van der Waals surface area contributed by atoms with Gasteiger partial charge in [-0.1, -0.05) is 6.07 Å². The smallest absolute Gasteiger partial charge is 0.244 e. The van der Waals surface area contributed by atoms with Gasteiger partial charge >= 0.3 is 0 Å². The van der Waals surface area contributed by atoms with E-state index in [4.69, 9.17) is 4.42 Å². The zero-order valence-corrected chi connectivity index (χ0v) is 15.0. The van der Waals surface area contributed by atoms with Crippen molar-refractivity contribution in [3.8, 4) is 0 Å². The molecule has 0 saturated heterocycles. The van der Waals surface area contributed by atoms with Crippen molar-refractivity contribution in [2.24, 2.45) is 0 Å². The topological polar surface area (TPSA) is 72.4 Å². The Morgan fingerprint density at radius 3 is 3.00 bits per heavy atom.